The number of benzene rings is 1. The smallest absolute Gasteiger partial charge is 0.131 e. The first-order valence-corrected chi connectivity index (χ1v) is 4.92. The molecule has 0 spiro atoms. The summed E-state index contributed by atoms with van der Waals surface area (Å²) in [6.45, 7) is 4.69. The summed E-state index contributed by atoms with van der Waals surface area (Å²) in [4.78, 5) is 0. The van der Waals surface area contributed by atoms with Crippen LogP contribution in [0.1, 0.15) is 19.4 Å². The summed E-state index contributed by atoms with van der Waals surface area (Å²) in [5.41, 5.74) is 1.05. The largest absolute Gasteiger partial charge is 0.493 e. The van der Waals surface area contributed by atoms with Gasteiger partial charge in [0, 0.05) is 0 Å². The van der Waals surface area contributed by atoms with Gasteiger partial charge in [0.15, 0.2) is 0 Å². The summed E-state index contributed by atoms with van der Waals surface area (Å²) >= 11 is 0. The molecule has 1 unspecified atom stereocenters. The Labute approximate surface area is 84.2 Å². The van der Waals surface area contributed by atoms with Gasteiger partial charge < -0.3 is 9.47 Å². The molecule has 0 bridgehead atoms. The Bertz CT molecular complexity index is 355. The first-order chi connectivity index (χ1) is 6.81. The van der Waals surface area contributed by atoms with E-state index < -0.39 is 0 Å². The molecule has 1 aliphatic heterocycles. The zero-order valence-electron chi connectivity index (χ0n) is 8.49. The lowest BCUT2D eigenvalue weighted by molar-refractivity contribution is 0.239. The van der Waals surface area contributed by atoms with Gasteiger partial charge in [0.25, 0.3) is 0 Å². The van der Waals surface area contributed by atoms with E-state index in [2.05, 4.69) is 0 Å². The third-order valence-electron chi connectivity index (χ3n) is 2.15. The van der Waals surface area contributed by atoms with E-state index in [0.717, 1.165) is 17.1 Å². The Balaban J connectivity index is 2.39. The summed E-state index contributed by atoms with van der Waals surface area (Å²) in [5.74, 6) is 1.84. The van der Waals surface area contributed by atoms with E-state index in [4.69, 9.17) is 9.47 Å². The molecular formula is C12H14O2. The zero-order valence-corrected chi connectivity index (χ0v) is 8.49. The summed E-state index contributed by atoms with van der Waals surface area (Å²) in [7, 11) is 0. The fraction of sp³-hybridized carbons (Fsp3) is 0.333. The molecule has 0 aliphatic carbocycles. The van der Waals surface area contributed by atoms with E-state index in [-0.39, 0.29) is 6.10 Å². The van der Waals surface area contributed by atoms with Crippen LogP contribution in [0, 0.1) is 0 Å². The lowest BCUT2D eigenvalue weighted by atomic mass is 10.1. The van der Waals surface area contributed by atoms with Crippen molar-refractivity contribution in [1.29, 1.82) is 0 Å². The SMILES string of the molecule is CCOC1=CC(C)Oc2ccccc21. The molecule has 1 aromatic rings. The van der Waals surface area contributed by atoms with Crippen LogP contribution in [0.3, 0.4) is 0 Å². The van der Waals surface area contributed by atoms with Gasteiger partial charge in [-0.25, -0.2) is 0 Å². The molecule has 0 N–H and O–H groups in total. The minimum absolute atomic E-state index is 0.0893. The fourth-order valence-corrected chi connectivity index (χ4v) is 1.59. The Morgan fingerprint density at radius 3 is 2.93 bits per heavy atom. The molecule has 0 saturated carbocycles. The fourth-order valence-electron chi connectivity index (χ4n) is 1.59. The molecule has 0 aromatic heterocycles. The van der Waals surface area contributed by atoms with Crippen LogP contribution in [0.25, 0.3) is 5.76 Å². The summed E-state index contributed by atoms with van der Waals surface area (Å²) < 4.78 is 11.2. The van der Waals surface area contributed by atoms with E-state index in [9.17, 15) is 0 Å². The summed E-state index contributed by atoms with van der Waals surface area (Å²) in [5, 5.41) is 0. The molecule has 0 amide bonds. The van der Waals surface area contributed by atoms with Gasteiger partial charge in [0.05, 0.1) is 12.2 Å². The molecule has 1 aliphatic rings. The van der Waals surface area contributed by atoms with Crippen LogP contribution in [0.4, 0.5) is 0 Å². The molecule has 2 rings (SSSR count). The minimum atomic E-state index is 0.0893. The standard InChI is InChI=1S/C12H14O2/c1-3-13-12-8-9(2)14-11-7-5-4-6-10(11)12/h4-9H,3H2,1-2H3. The highest BCUT2D eigenvalue weighted by Crippen LogP contribution is 2.31. The first-order valence-electron chi connectivity index (χ1n) is 4.92. The van der Waals surface area contributed by atoms with E-state index in [1.807, 2.05) is 44.2 Å². The molecule has 1 heterocycles. The average Bonchev–Trinajstić information content (AvgIpc) is 2.18. The summed E-state index contributed by atoms with van der Waals surface area (Å²) in [6.07, 6.45) is 2.10. The maximum absolute atomic E-state index is 5.65. The Morgan fingerprint density at radius 1 is 1.36 bits per heavy atom. The first kappa shape index (κ1) is 9.13. The lowest BCUT2D eigenvalue weighted by Crippen LogP contribution is -2.15. The van der Waals surface area contributed by atoms with Gasteiger partial charge in [-0.05, 0) is 32.1 Å². The van der Waals surface area contributed by atoms with Gasteiger partial charge >= 0.3 is 0 Å². The van der Waals surface area contributed by atoms with Crippen LogP contribution in [0.5, 0.6) is 5.75 Å². The molecule has 0 fully saturated rings. The van der Waals surface area contributed by atoms with E-state index in [1.54, 1.807) is 0 Å². The lowest BCUT2D eigenvalue weighted by Gasteiger charge is -2.22. The second-order valence-corrected chi connectivity index (χ2v) is 3.28. The second kappa shape index (κ2) is 3.74. The van der Waals surface area contributed by atoms with Gasteiger partial charge in [-0.2, -0.15) is 0 Å². The maximum atomic E-state index is 5.65. The monoisotopic (exact) mass is 190 g/mol. The van der Waals surface area contributed by atoms with Gasteiger partial charge in [-0.1, -0.05) is 12.1 Å². The Hall–Kier alpha value is -1.44. The van der Waals surface area contributed by atoms with Crippen molar-refractivity contribution < 1.29 is 9.47 Å². The van der Waals surface area contributed by atoms with Gasteiger partial charge in [-0.15, -0.1) is 0 Å². The molecule has 14 heavy (non-hydrogen) atoms. The van der Waals surface area contributed by atoms with Crippen molar-refractivity contribution in [2.24, 2.45) is 0 Å². The van der Waals surface area contributed by atoms with Crippen LogP contribution in [0.2, 0.25) is 0 Å². The maximum Gasteiger partial charge on any atom is 0.131 e. The van der Waals surface area contributed by atoms with Crippen molar-refractivity contribution in [2.75, 3.05) is 6.61 Å². The third kappa shape index (κ3) is 1.60. The van der Waals surface area contributed by atoms with Gasteiger partial charge in [-0.3, -0.25) is 0 Å². The van der Waals surface area contributed by atoms with Gasteiger partial charge in [0.1, 0.15) is 17.6 Å². The number of ether oxygens (including phenoxy) is 2. The van der Waals surface area contributed by atoms with Crippen LogP contribution < -0.4 is 4.74 Å². The van der Waals surface area contributed by atoms with Crippen molar-refractivity contribution in [1.82, 2.24) is 0 Å². The molecule has 1 aromatic carbocycles. The molecule has 0 radical (unpaired) electrons. The molecular weight excluding hydrogens is 176 g/mol. The topological polar surface area (TPSA) is 18.5 Å². The van der Waals surface area contributed by atoms with Gasteiger partial charge in [0.2, 0.25) is 0 Å². The zero-order chi connectivity index (χ0) is 9.97. The molecule has 0 saturated heterocycles. The molecule has 74 valence electrons. The third-order valence-corrected chi connectivity index (χ3v) is 2.15. The number of fused-ring (bicyclic) bond motifs is 1. The normalized spacial score (nSPS) is 19.3. The van der Waals surface area contributed by atoms with Crippen LogP contribution in [-0.4, -0.2) is 12.7 Å². The highest BCUT2D eigenvalue weighted by Gasteiger charge is 2.17. The van der Waals surface area contributed by atoms with E-state index in [0.29, 0.717) is 6.61 Å². The van der Waals surface area contributed by atoms with E-state index >= 15 is 0 Å². The summed E-state index contributed by atoms with van der Waals surface area (Å²) in [6, 6.07) is 7.95. The second-order valence-electron chi connectivity index (χ2n) is 3.28. The van der Waals surface area contributed by atoms with Crippen molar-refractivity contribution in [3.05, 3.63) is 35.9 Å². The van der Waals surface area contributed by atoms with Crippen molar-refractivity contribution >= 4 is 5.76 Å². The number of hydrogen-bond donors (Lipinski definition) is 0. The number of para-hydroxylation sites is 1. The average molecular weight is 190 g/mol. The van der Waals surface area contributed by atoms with Crippen molar-refractivity contribution in [3.63, 3.8) is 0 Å². The Kier molecular flexibility index (Phi) is 2.44. The van der Waals surface area contributed by atoms with Crippen LogP contribution in [-0.2, 0) is 4.74 Å². The van der Waals surface area contributed by atoms with E-state index in [1.165, 1.54) is 0 Å². The van der Waals surface area contributed by atoms with Crippen LogP contribution >= 0.6 is 0 Å². The number of rotatable bonds is 2. The highest BCUT2D eigenvalue weighted by atomic mass is 16.5. The van der Waals surface area contributed by atoms with Crippen LogP contribution in [0.15, 0.2) is 30.3 Å². The van der Waals surface area contributed by atoms with Crippen molar-refractivity contribution in [2.45, 2.75) is 20.0 Å². The molecule has 2 nitrogen and oxygen atoms in total. The highest BCUT2D eigenvalue weighted by molar-refractivity contribution is 5.67. The Morgan fingerprint density at radius 2 is 2.14 bits per heavy atom. The predicted octanol–water partition coefficient (Wildman–Crippen LogP) is 2.84. The van der Waals surface area contributed by atoms with Crippen molar-refractivity contribution in [3.8, 4) is 5.75 Å². The minimum Gasteiger partial charge on any atom is -0.493 e. The number of hydrogen-bond acceptors (Lipinski definition) is 2. The quantitative estimate of drug-likeness (QED) is 0.714. The molecule has 2 heteroatoms. The molecule has 1 atom stereocenters. The predicted molar refractivity (Wildman–Crippen MR) is 56.1 cm³/mol.